The van der Waals surface area contributed by atoms with Gasteiger partial charge in [-0.05, 0) is 25.0 Å². The minimum atomic E-state index is -0.421. The Morgan fingerprint density at radius 3 is 2.58 bits per heavy atom. The van der Waals surface area contributed by atoms with E-state index in [1.54, 1.807) is 44.6 Å². The van der Waals surface area contributed by atoms with E-state index in [-0.39, 0.29) is 5.91 Å². The second-order valence-electron chi connectivity index (χ2n) is 8.17. The third-order valence-corrected chi connectivity index (χ3v) is 6.07. The highest BCUT2D eigenvalue weighted by Gasteiger charge is 2.31. The molecule has 0 saturated carbocycles. The van der Waals surface area contributed by atoms with Crippen molar-refractivity contribution >= 4 is 34.5 Å². The molecule has 1 aliphatic heterocycles. The van der Waals surface area contributed by atoms with Crippen molar-refractivity contribution in [2.75, 3.05) is 38.1 Å². The van der Waals surface area contributed by atoms with Gasteiger partial charge in [-0.2, -0.15) is 9.97 Å². The van der Waals surface area contributed by atoms with E-state index in [2.05, 4.69) is 20.3 Å². The summed E-state index contributed by atoms with van der Waals surface area (Å²) in [6.07, 6.45) is 6.63. The number of amides is 1. The first-order valence-electron chi connectivity index (χ1n) is 11.3. The number of hydrogen-bond donors (Lipinski definition) is 2. The molecule has 1 aromatic carbocycles. The van der Waals surface area contributed by atoms with Gasteiger partial charge >= 0.3 is 0 Å². The van der Waals surface area contributed by atoms with Crippen LogP contribution in [0, 0.1) is 0 Å². The average Bonchev–Trinajstić information content (AvgIpc) is 3.57. The second kappa shape index (κ2) is 9.56. The van der Waals surface area contributed by atoms with E-state index >= 15 is 0 Å². The Bertz CT molecular complexity index is 1400. The maximum absolute atomic E-state index is 12.0. The highest BCUT2D eigenvalue weighted by Crippen LogP contribution is 2.39. The first kappa shape index (κ1) is 23.1. The van der Waals surface area contributed by atoms with E-state index < -0.39 is 6.04 Å². The van der Waals surface area contributed by atoms with E-state index in [9.17, 15) is 4.79 Å². The monoisotopic (exact) mass is 490 g/mol. The smallest absolute Gasteiger partial charge is 0.240 e. The average molecular weight is 491 g/mol. The highest BCUT2D eigenvalue weighted by molar-refractivity contribution is 5.92. The third-order valence-electron chi connectivity index (χ3n) is 6.07. The number of ether oxygens (including phenoxy) is 3. The number of nitrogens with zero attached hydrogens (tertiary/aromatic N) is 6. The number of carbonyl (C=O) groups is 1. The molecule has 1 unspecified atom stereocenters. The largest absolute Gasteiger partial charge is 0.493 e. The molecule has 1 fully saturated rings. The molecule has 12 heteroatoms. The highest BCUT2D eigenvalue weighted by atomic mass is 16.5. The summed E-state index contributed by atoms with van der Waals surface area (Å²) in [6.45, 7) is 0.670. The summed E-state index contributed by atoms with van der Waals surface area (Å²) >= 11 is 0. The number of pyridine rings is 1. The lowest BCUT2D eigenvalue weighted by Crippen LogP contribution is -2.41. The van der Waals surface area contributed by atoms with Gasteiger partial charge < -0.3 is 34.7 Å². The van der Waals surface area contributed by atoms with Gasteiger partial charge in [0.15, 0.2) is 23.0 Å². The summed E-state index contributed by atoms with van der Waals surface area (Å²) in [5.74, 6) is 2.61. The fourth-order valence-corrected chi connectivity index (χ4v) is 4.40. The summed E-state index contributed by atoms with van der Waals surface area (Å²) in [5, 5.41) is 3.90. The zero-order valence-electron chi connectivity index (χ0n) is 20.1. The Morgan fingerprint density at radius 2 is 1.89 bits per heavy atom. The normalized spacial score (nSPS) is 15.2. The first-order valence-corrected chi connectivity index (χ1v) is 11.3. The van der Waals surface area contributed by atoms with Gasteiger partial charge in [0.05, 0.1) is 38.6 Å². The van der Waals surface area contributed by atoms with Gasteiger partial charge in [-0.1, -0.05) is 0 Å². The van der Waals surface area contributed by atoms with Gasteiger partial charge in [0.2, 0.25) is 17.6 Å². The predicted octanol–water partition coefficient (Wildman–Crippen LogP) is 2.43. The number of nitrogens with one attached hydrogen (secondary N) is 1. The minimum Gasteiger partial charge on any atom is -0.493 e. The van der Waals surface area contributed by atoms with E-state index in [0.29, 0.717) is 53.4 Å². The number of rotatable bonds is 8. The van der Waals surface area contributed by atoms with Gasteiger partial charge in [-0.3, -0.25) is 4.79 Å². The standard InChI is InChI=1S/C24H26N8O4/c1-34-17-10-14(11-18(35-2)20(17)36-3)31-12-19(27-13-31)28-24-29-22-15(6-4-8-26-22)23(30-24)32-9-5-7-16(32)21(25)33/h4,6,8,10-13,16H,5,7,9H2,1-3H3,(H2,25,33)(H,26,28,29,30). The van der Waals surface area contributed by atoms with Gasteiger partial charge in [-0.15, -0.1) is 0 Å². The summed E-state index contributed by atoms with van der Waals surface area (Å²) < 4.78 is 18.1. The molecule has 12 nitrogen and oxygen atoms in total. The number of hydrogen-bond acceptors (Lipinski definition) is 10. The lowest BCUT2D eigenvalue weighted by atomic mass is 10.2. The number of carbonyl (C=O) groups excluding carboxylic acids is 1. The topological polar surface area (TPSA) is 143 Å². The molecule has 36 heavy (non-hydrogen) atoms. The molecule has 0 radical (unpaired) electrons. The van der Waals surface area contributed by atoms with Crippen LogP contribution in [0.2, 0.25) is 0 Å². The lowest BCUT2D eigenvalue weighted by molar-refractivity contribution is -0.119. The number of fused-ring (bicyclic) bond motifs is 1. The van der Waals surface area contributed by atoms with Crippen molar-refractivity contribution in [1.82, 2.24) is 24.5 Å². The molecule has 3 N–H and O–H groups in total. The molecule has 0 aliphatic carbocycles. The Balaban J connectivity index is 1.49. The minimum absolute atomic E-state index is 0.307. The van der Waals surface area contributed by atoms with E-state index in [1.807, 2.05) is 29.2 Å². The van der Waals surface area contributed by atoms with Crippen LogP contribution in [0.3, 0.4) is 0 Å². The van der Waals surface area contributed by atoms with Crippen LogP contribution in [-0.2, 0) is 4.79 Å². The number of primary amides is 1. The van der Waals surface area contributed by atoms with Crippen LogP contribution >= 0.6 is 0 Å². The molecule has 1 aliphatic rings. The van der Waals surface area contributed by atoms with Crippen LogP contribution in [0.5, 0.6) is 17.2 Å². The van der Waals surface area contributed by atoms with Crippen LogP contribution in [0.4, 0.5) is 17.6 Å². The molecule has 4 aromatic rings. The molecule has 1 amide bonds. The second-order valence-corrected chi connectivity index (χ2v) is 8.17. The fourth-order valence-electron chi connectivity index (χ4n) is 4.40. The zero-order valence-corrected chi connectivity index (χ0v) is 20.1. The van der Waals surface area contributed by atoms with Crippen LogP contribution in [0.1, 0.15) is 12.8 Å². The number of anilines is 3. The van der Waals surface area contributed by atoms with Crippen molar-refractivity contribution in [2.45, 2.75) is 18.9 Å². The van der Waals surface area contributed by atoms with Crippen molar-refractivity contribution < 1.29 is 19.0 Å². The summed E-state index contributed by atoms with van der Waals surface area (Å²) in [7, 11) is 4.68. The van der Waals surface area contributed by atoms with Crippen molar-refractivity contribution in [3.05, 3.63) is 43.0 Å². The molecule has 3 aromatic heterocycles. The number of methoxy groups -OCH3 is 3. The quantitative estimate of drug-likeness (QED) is 0.378. The first-order chi connectivity index (χ1) is 17.5. The maximum atomic E-state index is 12.0. The molecule has 4 heterocycles. The van der Waals surface area contributed by atoms with Crippen molar-refractivity contribution in [3.8, 4) is 22.9 Å². The van der Waals surface area contributed by atoms with E-state index in [0.717, 1.165) is 17.5 Å². The maximum Gasteiger partial charge on any atom is 0.240 e. The van der Waals surface area contributed by atoms with Crippen molar-refractivity contribution in [1.29, 1.82) is 0 Å². The Kier molecular flexibility index (Phi) is 6.15. The molecule has 186 valence electrons. The van der Waals surface area contributed by atoms with Gasteiger partial charge in [0.25, 0.3) is 0 Å². The van der Waals surface area contributed by atoms with Gasteiger partial charge in [0, 0.05) is 24.9 Å². The molecule has 5 rings (SSSR count). The summed E-state index contributed by atoms with van der Waals surface area (Å²) in [5.41, 5.74) is 6.92. The zero-order chi connectivity index (χ0) is 25.2. The SMILES string of the molecule is COc1cc(-n2cnc(Nc3nc(N4CCCC4C(N)=O)c4cccnc4n3)c2)cc(OC)c1OC. The third kappa shape index (κ3) is 4.17. The van der Waals surface area contributed by atoms with Crippen LogP contribution in [0.15, 0.2) is 43.0 Å². The van der Waals surface area contributed by atoms with Gasteiger partial charge in [-0.25, -0.2) is 9.97 Å². The fraction of sp³-hybridized carbons (Fsp3) is 0.292. The Labute approximate surface area is 207 Å². The van der Waals surface area contributed by atoms with Crippen LogP contribution in [-0.4, -0.2) is 64.3 Å². The predicted molar refractivity (Wildman–Crippen MR) is 133 cm³/mol. The molecular formula is C24H26N8O4. The Morgan fingerprint density at radius 1 is 1.11 bits per heavy atom. The summed E-state index contributed by atoms with van der Waals surface area (Å²) in [6, 6.07) is 6.92. The van der Waals surface area contributed by atoms with Crippen LogP contribution < -0.4 is 30.2 Å². The molecule has 0 spiro atoms. The van der Waals surface area contributed by atoms with E-state index in [4.69, 9.17) is 24.9 Å². The Hall–Kier alpha value is -4.61. The number of benzene rings is 1. The van der Waals surface area contributed by atoms with Crippen LogP contribution in [0.25, 0.3) is 16.7 Å². The number of nitrogens with two attached hydrogens (primary N) is 1. The van der Waals surface area contributed by atoms with Crippen molar-refractivity contribution in [3.63, 3.8) is 0 Å². The molecule has 1 saturated heterocycles. The summed E-state index contributed by atoms with van der Waals surface area (Å²) in [4.78, 5) is 32.1. The lowest BCUT2D eigenvalue weighted by Gasteiger charge is -2.24. The number of aromatic nitrogens is 5. The molecular weight excluding hydrogens is 464 g/mol. The molecule has 0 bridgehead atoms. The van der Waals surface area contributed by atoms with E-state index in [1.165, 1.54) is 0 Å². The van der Waals surface area contributed by atoms with Gasteiger partial charge in [0.1, 0.15) is 18.2 Å². The number of imidazole rings is 1. The molecule has 1 atom stereocenters. The van der Waals surface area contributed by atoms with Crippen molar-refractivity contribution in [2.24, 2.45) is 5.73 Å².